The summed E-state index contributed by atoms with van der Waals surface area (Å²) in [6.45, 7) is 0. The number of fused-ring (bicyclic) bond motifs is 1. The van der Waals surface area contributed by atoms with Crippen LogP contribution in [0.3, 0.4) is 0 Å². The van der Waals surface area contributed by atoms with Crippen LogP contribution in [0.15, 0.2) is 48.2 Å². The fourth-order valence-corrected chi connectivity index (χ4v) is 2.91. The Morgan fingerprint density at radius 2 is 1.95 bits per heavy atom. The fourth-order valence-electron chi connectivity index (χ4n) is 2.91. The number of rotatable bonds is 2. The van der Waals surface area contributed by atoms with E-state index in [-0.39, 0.29) is 6.04 Å². The van der Waals surface area contributed by atoms with Gasteiger partial charge in [0, 0.05) is 11.6 Å². The first-order valence-corrected chi connectivity index (χ1v) is 7.14. The van der Waals surface area contributed by atoms with Crippen LogP contribution in [-0.4, -0.2) is 4.98 Å². The lowest BCUT2D eigenvalue weighted by Crippen LogP contribution is -2.14. The number of nitrogens with zero attached hydrogens (tertiary/aromatic N) is 1. The molecular formula is C17H20N2. The maximum atomic E-state index is 6.51. The molecule has 2 aromatic rings. The van der Waals surface area contributed by atoms with E-state index in [2.05, 4.69) is 29.3 Å². The zero-order chi connectivity index (χ0) is 13.1. The van der Waals surface area contributed by atoms with Crippen LogP contribution in [0.4, 0.5) is 0 Å². The summed E-state index contributed by atoms with van der Waals surface area (Å²) in [5.41, 5.74) is 10.1. The van der Waals surface area contributed by atoms with Crippen molar-refractivity contribution in [2.75, 3.05) is 0 Å². The molecule has 0 saturated carbocycles. The van der Waals surface area contributed by atoms with Crippen LogP contribution in [0.5, 0.6) is 0 Å². The molecule has 1 aliphatic rings. The first-order chi connectivity index (χ1) is 9.36. The van der Waals surface area contributed by atoms with Gasteiger partial charge in [0.15, 0.2) is 0 Å². The topological polar surface area (TPSA) is 38.9 Å². The van der Waals surface area contributed by atoms with E-state index in [4.69, 9.17) is 5.73 Å². The maximum absolute atomic E-state index is 6.51. The van der Waals surface area contributed by atoms with Gasteiger partial charge in [0.1, 0.15) is 0 Å². The summed E-state index contributed by atoms with van der Waals surface area (Å²) >= 11 is 0. The second-order valence-corrected chi connectivity index (χ2v) is 5.27. The third-order valence-electron chi connectivity index (χ3n) is 3.99. The lowest BCUT2D eigenvalue weighted by atomic mass is 9.93. The molecule has 98 valence electrons. The average molecular weight is 252 g/mol. The minimum absolute atomic E-state index is 0.0194. The summed E-state index contributed by atoms with van der Waals surface area (Å²) in [7, 11) is 0. The SMILES string of the molecule is NC(C1=CCCCCC1)c1ccnc2ccccc12. The molecule has 1 aromatic carbocycles. The van der Waals surface area contributed by atoms with Crippen LogP contribution in [0.1, 0.15) is 43.7 Å². The molecule has 19 heavy (non-hydrogen) atoms. The zero-order valence-corrected chi connectivity index (χ0v) is 11.2. The van der Waals surface area contributed by atoms with Gasteiger partial charge in [0.2, 0.25) is 0 Å². The van der Waals surface area contributed by atoms with Crippen LogP contribution >= 0.6 is 0 Å². The molecule has 2 N–H and O–H groups in total. The van der Waals surface area contributed by atoms with Crippen LogP contribution in [0.25, 0.3) is 10.9 Å². The smallest absolute Gasteiger partial charge is 0.0705 e. The zero-order valence-electron chi connectivity index (χ0n) is 11.2. The molecule has 1 unspecified atom stereocenters. The number of benzene rings is 1. The van der Waals surface area contributed by atoms with Gasteiger partial charge >= 0.3 is 0 Å². The van der Waals surface area contributed by atoms with Gasteiger partial charge in [-0.15, -0.1) is 0 Å². The van der Waals surface area contributed by atoms with Gasteiger partial charge in [0.25, 0.3) is 0 Å². The summed E-state index contributed by atoms with van der Waals surface area (Å²) in [4.78, 5) is 4.41. The van der Waals surface area contributed by atoms with Crippen molar-refractivity contribution in [1.82, 2.24) is 4.98 Å². The quantitative estimate of drug-likeness (QED) is 0.816. The van der Waals surface area contributed by atoms with Gasteiger partial charge in [0.05, 0.1) is 11.6 Å². The van der Waals surface area contributed by atoms with Crippen molar-refractivity contribution in [2.45, 2.75) is 38.1 Å². The number of para-hydroxylation sites is 1. The van der Waals surface area contributed by atoms with E-state index in [9.17, 15) is 0 Å². The predicted molar refractivity (Wildman–Crippen MR) is 79.8 cm³/mol. The summed E-state index contributed by atoms with van der Waals surface area (Å²) in [5, 5.41) is 1.18. The molecule has 2 heteroatoms. The number of pyridine rings is 1. The largest absolute Gasteiger partial charge is 0.321 e. The predicted octanol–water partition coefficient (Wildman–Crippen LogP) is 4.13. The Morgan fingerprint density at radius 3 is 2.89 bits per heavy atom. The van der Waals surface area contributed by atoms with E-state index in [1.165, 1.54) is 42.2 Å². The van der Waals surface area contributed by atoms with Gasteiger partial charge in [-0.25, -0.2) is 0 Å². The highest BCUT2D eigenvalue weighted by atomic mass is 14.7. The molecule has 0 amide bonds. The van der Waals surface area contributed by atoms with Crippen molar-refractivity contribution in [3.8, 4) is 0 Å². The minimum atomic E-state index is 0.0194. The summed E-state index contributed by atoms with van der Waals surface area (Å²) < 4.78 is 0. The van der Waals surface area contributed by atoms with E-state index < -0.39 is 0 Å². The molecule has 0 aliphatic heterocycles. The number of allylic oxidation sites excluding steroid dienone is 1. The molecular weight excluding hydrogens is 232 g/mol. The minimum Gasteiger partial charge on any atom is -0.321 e. The average Bonchev–Trinajstić information content (AvgIpc) is 2.75. The third-order valence-corrected chi connectivity index (χ3v) is 3.99. The Kier molecular flexibility index (Phi) is 3.60. The Balaban J connectivity index is 2.01. The number of aromatic nitrogens is 1. The summed E-state index contributed by atoms with van der Waals surface area (Å²) in [6, 6.07) is 10.3. The highest BCUT2D eigenvalue weighted by Crippen LogP contribution is 2.30. The van der Waals surface area contributed by atoms with Crippen LogP contribution in [0.2, 0.25) is 0 Å². The highest BCUT2D eigenvalue weighted by molar-refractivity contribution is 5.82. The van der Waals surface area contributed by atoms with Crippen molar-refractivity contribution >= 4 is 10.9 Å². The Labute approximate surface area is 114 Å². The molecule has 3 rings (SSSR count). The van der Waals surface area contributed by atoms with Crippen LogP contribution in [-0.2, 0) is 0 Å². The van der Waals surface area contributed by atoms with E-state index in [1.54, 1.807) is 0 Å². The molecule has 0 saturated heterocycles. The number of nitrogens with two attached hydrogens (primary N) is 1. The lowest BCUT2D eigenvalue weighted by Gasteiger charge is -2.17. The molecule has 0 spiro atoms. The van der Waals surface area contributed by atoms with Crippen molar-refractivity contribution in [3.63, 3.8) is 0 Å². The Morgan fingerprint density at radius 1 is 1.05 bits per heavy atom. The van der Waals surface area contributed by atoms with Crippen molar-refractivity contribution < 1.29 is 0 Å². The van der Waals surface area contributed by atoms with Crippen molar-refractivity contribution in [3.05, 3.63) is 53.7 Å². The molecule has 2 nitrogen and oxygen atoms in total. The van der Waals surface area contributed by atoms with Gasteiger partial charge in [-0.05, 0) is 43.4 Å². The third kappa shape index (κ3) is 2.54. The first kappa shape index (κ1) is 12.4. The van der Waals surface area contributed by atoms with E-state index in [0.29, 0.717) is 0 Å². The van der Waals surface area contributed by atoms with Crippen molar-refractivity contribution in [2.24, 2.45) is 5.73 Å². The van der Waals surface area contributed by atoms with Crippen LogP contribution in [0, 0.1) is 0 Å². The highest BCUT2D eigenvalue weighted by Gasteiger charge is 2.15. The standard InChI is InChI=1S/C17H20N2/c18-17(13-7-3-1-2-4-8-13)15-11-12-19-16-10-6-5-9-14(15)16/h5-7,9-12,17H,1-4,8,18H2. The van der Waals surface area contributed by atoms with E-state index in [1.807, 2.05) is 18.3 Å². The van der Waals surface area contributed by atoms with Gasteiger partial charge in [-0.3, -0.25) is 4.98 Å². The Hall–Kier alpha value is -1.67. The second kappa shape index (κ2) is 5.54. The van der Waals surface area contributed by atoms with E-state index >= 15 is 0 Å². The maximum Gasteiger partial charge on any atom is 0.0705 e. The van der Waals surface area contributed by atoms with Crippen LogP contribution < -0.4 is 5.73 Å². The molecule has 1 aromatic heterocycles. The second-order valence-electron chi connectivity index (χ2n) is 5.27. The van der Waals surface area contributed by atoms with E-state index in [0.717, 1.165) is 11.9 Å². The molecule has 1 heterocycles. The molecule has 0 radical (unpaired) electrons. The number of hydrogen-bond donors (Lipinski definition) is 1. The molecule has 0 bridgehead atoms. The Bertz CT molecular complexity index is 596. The van der Waals surface area contributed by atoms with Gasteiger partial charge in [-0.2, -0.15) is 0 Å². The molecule has 0 fully saturated rings. The monoisotopic (exact) mass is 252 g/mol. The fraction of sp³-hybridized carbons (Fsp3) is 0.353. The van der Waals surface area contributed by atoms with Gasteiger partial charge < -0.3 is 5.73 Å². The molecule has 1 atom stereocenters. The number of hydrogen-bond acceptors (Lipinski definition) is 2. The summed E-state index contributed by atoms with van der Waals surface area (Å²) in [5.74, 6) is 0. The molecule has 1 aliphatic carbocycles. The van der Waals surface area contributed by atoms with Crippen molar-refractivity contribution in [1.29, 1.82) is 0 Å². The normalized spacial score (nSPS) is 17.8. The lowest BCUT2D eigenvalue weighted by molar-refractivity contribution is 0.689. The first-order valence-electron chi connectivity index (χ1n) is 7.14. The summed E-state index contributed by atoms with van der Waals surface area (Å²) in [6.07, 6.45) is 10.4. The van der Waals surface area contributed by atoms with Gasteiger partial charge in [-0.1, -0.05) is 36.3 Å².